The first-order valence-electron chi connectivity index (χ1n) is 7.07. The van der Waals surface area contributed by atoms with E-state index in [-0.39, 0.29) is 5.56 Å². The largest absolute Gasteiger partial charge is 0.495 e. The van der Waals surface area contributed by atoms with Gasteiger partial charge in [-0.15, -0.1) is 11.3 Å². The lowest BCUT2D eigenvalue weighted by molar-refractivity contribution is 0.0693. The average molecular weight is 303 g/mol. The van der Waals surface area contributed by atoms with Crippen molar-refractivity contribution in [1.29, 1.82) is 0 Å². The van der Waals surface area contributed by atoms with Gasteiger partial charge < -0.3 is 9.84 Å². The fourth-order valence-electron chi connectivity index (χ4n) is 2.91. The zero-order valence-electron chi connectivity index (χ0n) is 11.8. The molecular weight excluding hydrogens is 286 g/mol. The molecule has 1 heterocycles. The highest BCUT2D eigenvalue weighted by atomic mass is 32.1. The van der Waals surface area contributed by atoms with Crippen LogP contribution in [0.3, 0.4) is 0 Å². The van der Waals surface area contributed by atoms with E-state index >= 15 is 0 Å². The Morgan fingerprint density at radius 3 is 2.81 bits per heavy atom. The van der Waals surface area contributed by atoms with E-state index < -0.39 is 5.97 Å². The van der Waals surface area contributed by atoms with E-state index in [0.29, 0.717) is 11.7 Å². The quantitative estimate of drug-likeness (QED) is 0.920. The standard InChI is InChI=1S/C16H17NO3S/c1-20-14-11(7-4-8-12(14)16(18)19)15-17-13(9-21-15)10-5-2-3-6-10/h4,7-10H,2-3,5-6H2,1H3,(H,18,19). The molecule has 4 nitrogen and oxygen atoms in total. The number of methoxy groups -OCH3 is 1. The van der Waals surface area contributed by atoms with Crippen molar-refractivity contribution in [2.24, 2.45) is 0 Å². The van der Waals surface area contributed by atoms with Crippen molar-refractivity contribution in [3.8, 4) is 16.3 Å². The molecule has 1 aromatic heterocycles. The van der Waals surface area contributed by atoms with Gasteiger partial charge in [-0.1, -0.05) is 18.9 Å². The minimum atomic E-state index is -0.985. The molecule has 1 aliphatic carbocycles. The fourth-order valence-corrected chi connectivity index (χ4v) is 3.84. The number of thiazole rings is 1. The predicted molar refractivity (Wildman–Crippen MR) is 82.3 cm³/mol. The summed E-state index contributed by atoms with van der Waals surface area (Å²) in [7, 11) is 1.50. The Morgan fingerprint density at radius 1 is 1.38 bits per heavy atom. The Hall–Kier alpha value is -1.88. The lowest BCUT2D eigenvalue weighted by atomic mass is 10.1. The first-order valence-corrected chi connectivity index (χ1v) is 7.94. The lowest BCUT2D eigenvalue weighted by Gasteiger charge is -2.09. The topological polar surface area (TPSA) is 59.4 Å². The lowest BCUT2D eigenvalue weighted by Crippen LogP contribution is -2.01. The highest BCUT2D eigenvalue weighted by Crippen LogP contribution is 2.39. The molecule has 0 aliphatic heterocycles. The van der Waals surface area contributed by atoms with Crippen LogP contribution in [-0.2, 0) is 0 Å². The van der Waals surface area contributed by atoms with E-state index in [0.717, 1.165) is 16.3 Å². The molecule has 0 atom stereocenters. The van der Waals surface area contributed by atoms with E-state index in [4.69, 9.17) is 9.72 Å². The Kier molecular flexibility index (Phi) is 3.92. The second-order valence-corrected chi connectivity index (χ2v) is 6.11. The summed E-state index contributed by atoms with van der Waals surface area (Å²) in [6.45, 7) is 0. The highest BCUT2D eigenvalue weighted by molar-refractivity contribution is 7.13. The molecule has 0 radical (unpaired) electrons. The van der Waals surface area contributed by atoms with Gasteiger partial charge in [0.1, 0.15) is 16.3 Å². The van der Waals surface area contributed by atoms with Gasteiger partial charge in [-0.25, -0.2) is 9.78 Å². The van der Waals surface area contributed by atoms with Crippen molar-refractivity contribution in [3.63, 3.8) is 0 Å². The number of carboxylic acid groups (broad SMARTS) is 1. The SMILES string of the molecule is COc1c(C(=O)O)cccc1-c1nc(C2CCCC2)cs1. The molecular formula is C16H17NO3S. The van der Waals surface area contributed by atoms with Crippen LogP contribution in [0.1, 0.15) is 47.7 Å². The molecule has 2 aromatic rings. The van der Waals surface area contributed by atoms with Crippen molar-refractivity contribution >= 4 is 17.3 Å². The fraction of sp³-hybridized carbons (Fsp3) is 0.375. The number of hydrogen-bond donors (Lipinski definition) is 1. The molecule has 0 amide bonds. The number of nitrogens with zero attached hydrogens (tertiary/aromatic N) is 1. The zero-order valence-corrected chi connectivity index (χ0v) is 12.7. The van der Waals surface area contributed by atoms with Crippen molar-refractivity contribution < 1.29 is 14.6 Å². The maximum absolute atomic E-state index is 11.3. The number of para-hydroxylation sites is 1. The van der Waals surface area contributed by atoms with E-state index in [1.165, 1.54) is 32.8 Å². The molecule has 1 N–H and O–H groups in total. The zero-order chi connectivity index (χ0) is 14.8. The van der Waals surface area contributed by atoms with Crippen LogP contribution in [0.2, 0.25) is 0 Å². The number of aromatic carboxylic acids is 1. The number of rotatable bonds is 4. The first-order chi connectivity index (χ1) is 10.2. The number of hydrogen-bond acceptors (Lipinski definition) is 4. The minimum Gasteiger partial charge on any atom is -0.495 e. The summed E-state index contributed by atoms with van der Waals surface area (Å²) < 4.78 is 5.31. The third-order valence-electron chi connectivity index (χ3n) is 3.98. The maximum atomic E-state index is 11.3. The molecule has 1 fully saturated rings. The van der Waals surface area contributed by atoms with Crippen LogP contribution < -0.4 is 4.74 Å². The Morgan fingerprint density at radius 2 is 2.14 bits per heavy atom. The van der Waals surface area contributed by atoms with Crippen LogP contribution in [0.25, 0.3) is 10.6 Å². The third kappa shape index (κ3) is 2.65. The van der Waals surface area contributed by atoms with Crippen LogP contribution in [0, 0.1) is 0 Å². The Balaban J connectivity index is 2.00. The van der Waals surface area contributed by atoms with Gasteiger partial charge in [0.05, 0.1) is 18.4 Å². The summed E-state index contributed by atoms with van der Waals surface area (Å²) in [4.78, 5) is 16.0. The second kappa shape index (κ2) is 5.85. The summed E-state index contributed by atoms with van der Waals surface area (Å²) >= 11 is 1.56. The van der Waals surface area contributed by atoms with Crippen molar-refractivity contribution in [3.05, 3.63) is 34.8 Å². The number of ether oxygens (including phenoxy) is 1. The van der Waals surface area contributed by atoms with Gasteiger partial charge in [0.2, 0.25) is 0 Å². The maximum Gasteiger partial charge on any atom is 0.339 e. The van der Waals surface area contributed by atoms with Crippen LogP contribution in [0.15, 0.2) is 23.6 Å². The molecule has 0 spiro atoms. The summed E-state index contributed by atoms with van der Waals surface area (Å²) in [5.41, 5.74) is 2.06. The number of carboxylic acids is 1. The van der Waals surface area contributed by atoms with Gasteiger partial charge >= 0.3 is 5.97 Å². The van der Waals surface area contributed by atoms with E-state index in [1.54, 1.807) is 23.5 Å². The van der Waals surface area contributed by atoms with Crippen molar-refractivity contribution in [2.75, 3.05) is 7.11 Å². The van der Waals surface area contributed by atoms with Crippen LogP contribution in [0.5, 0.6) is 5.75 Å². The van der Waals surface area contributed by atoms with Gasteiger partial charge in [-0.3, -0.25) is 0 Å². The molecule has 5 heteroatoms. The monoisotopic (exact) mass is 303 g/mol. The van der Waals surface area contributed by atoms with E-state index in [9.17, 15) is 9.90 Å². The van der Waals surface area contributed by atoms with Crippen molar-refractivity contribution in [1.82, 2.24) is 4.98 Å². The van der Waals surface area contributed by atoms with Crippen molar-refractivity contribution in [2.45, 2.75) is 31.6 Å². The van der Waals surface area contributed by atoms with Crippen LogP contribution in [0.4, 0.5) is 0 Å². The van der Waals surface area contributed by atoms with Gasteiger partial charge in [0.25, 0.3) is 0 Å². The predicted octanol–water partition coefficient (Wildman–Crippen LogP) is 4.17. The third-order valence-corrected chi connectivity index (χ3v) is 4.87. The molecule has 1 saturated carbocycles. The summed E-state index contributed by atoms with van der Waals surface area (Å²) in [6.07, 6.45) is 4.95. The van der Waals surface area contributed by atoms with Gasteiger partial charge in [-0.2, -0.15) is 0 Å². The van der Waals surface area contributed by atoms with Gasteiger partial charge in [0, 0.05) is 11.3 Å². The molecule has 110 valence electrons. The van der Waals surface area contributed by atoms with E-state index in [2.05, 4.69) is 5.38 Å². The number of benzene rings is 1. The Labute approximate surface area is 127 Å². The number of carbonyl (C=O) groups is 1. The second-order valence-electron chi connectivity index (χ2n) is 5.25. The molecule has 1 aliphatic rings. The minimum absolute atomic E-state index is 0.174. The molecule has 0 bridgehead atoms. The summed E-state index contributed by atoms with van der Waals surface area (Å²) in [5, 5.41) is 12.2. The van der Waals surface area contributed by atoms with Crippen LogP contribution >= 0.6 is 11.3 Å². The average Bonchev–Trinajstić information content (AvgIpc) is 3.16. The van der Waals surface area contributed by atoms with Gasteiger partial charge in [-0.05, 0) is 25.0 Å². The van der Waals surface area contributed by atoms with Crippen LogP contribution in [-0.4, -0.2) is 23.2 Å². The summed E-state index contributed by atoms with van der Waals surface area (Å²) in [6, 6.07) is 5.15. The highest BCUT2D eigenvalue weighted by Gasteiger charge is 2.22. The summed E-state index contributed by atoms with van der Waals surface area (Å²) in [5.74, 6) is -0.0396. The van der Waals surface area contributed by atoms with Gasteiger partial charge in [0.15, 0.2) is 0 Å². The molecule has 21 heavy (non-hydrogen) atoms. The molecule has 1 aromatic carbocycles. The molecule has 3 rings (SSSR count). The van der Waals surface area contributed by atoms with E-state index in [1.807, 2.05) is 6.07 Å². The number of aromatic nitrogens is 1. The normalized spacial score (nSPS) is 15.3. The molecule has 0 saturated heterocycles. The molecule has 0 unspecified atom stereocenters. The smallest absolute Gasteiger partial charge is 0.339 e. The first kappa shape index (κ1) is 14.1. The Bertz CT molecular complexity index is 659.